The van der Waals surface area contributed by atoms with Crippen LogP contribution in [0.1, 0.15) is 18.3 Å². The fraction of sp³-hybridized carbons (Fsp3) is 0.333. The number of carbonyl (C=O) groups is 1. The number of ether oxygens (including phenoxy) is 1. The lowest BCUT2D eigenvalue weighted by molar-refractivity contribution is -0.142. The summed E-state index contributed by atoms with van der Waals surface area (Å²) in [4.78, 5) is 15.5. The maximum absolute atomic E-state index is 13.6. The molecule has 1 heterocycles. The Balaban J connectivity index is 1.89. The first-order chi connectivity index (χ1) is 14.3. The second kappa shape index (κ2) is 10.2. The number of thioether (sulfide) groups is 1. The minimum Gasteiger partial charge on any atom is -0.479 e. The lowest BCUT2D eigenvalue weighted by Gasteiger charge is -2.13. The molecule has 3 rings (SSSR count). The molecule has 0 bridgehead atoms. The first-order valence-corrected chi connectivity index (χ1v) is 12.3. The summed E-state index contributed by atoms with van der Waals surface area (Å²) in [7, 11) is 0. The molecule has 1 atom stereocenters. The van der Waals surface area contributed by atoms with Crippen molar-refractivity contribution in [3.63, 3.8) is 0 Å². The van der Waals surface area contributed by atoms with Crippen molar-refractivity contribution < 1.29 is 19.0 Å². The number of alkyl halides is 1. The summed E-state index contributed by atoms with van der Waals surface area (Å²) in [6, 6.07) is 9.11. The van der Waals surface area contributed by atoms with Gasteiger partial charge >= 0.3 is 5.97 Å². The molecule has 1 aromatic heterocycles. The summed E-state index contributed by atoms with van der Waals surface area (Å²) in [5.74, 6) is 1.79. The number of carboxylic acids is 1. The Hall–Kier alpha value is -1.58. The van der Waals surface area contributed by atoms with Gasteiger partial charge in [0.1, 0.15) is 11.6 Å². The number of hydrogen-bond donors (Lipinski definition) is 1. The van der Waals surface area contributed by atoms with Gasteiger partial charge in [0.15, 0.2) is 5.75 Å². The number of hydrogen-bond acceptors (Lipinski definition) is 4. The average Bonchev–Trinajstić information content (AvgIpc) is 3.05. The van der Waals surface area contributed by atoms with E-state index in [1.54, 1.807) is 23.9 Å². The summed E-state index contributed by atoms with van der Waals surface area (Å²) in [6.45, 7) is 2.91. The van der Waals surface area contributed by atoms with E-state index in [2.05, 4.69) is 49.6 Å². The second-order valence-corrected chi connectivity index (χ2v) is 9.36. The molecular formula is C21H21Br2FN2O3S. The third-order valence-electron chi connectivity index (χ3n) is 4.61. The van der Waals surface area contributed by atoms with Crippen LogP contribution < -0.4 is 4.74 Å². The van der Waals surface area contributed by atoms with Gasteiger partial charge in [0.2, 0.25) is 6.17 Å². The molecule has 0 aliphatic heterocycles. The fourth-order valence-corrected chi connectivity index (χ4v) is 5.02. The van der Waals surface area contributed by atoms with Crippen LogP contribution in [0, 0.1) is 0 Å². The Kier molecular flexibility index (Phi) is 7.81. The van der Waals surface area contributed by atoms with Gasteiger partial charge in [-0.05, 0) is 74.9 Å². The van der Waals surface area contributed by atoms with Crippen LogP contribution in [0.4, 0.5) is 4.39 Å². The molecule has 0 aliphatic carbocycles. The van der Waals surface area contributed by atoms with E-state index in [9.17, 15) is 9.18 Å². The van der Waals surface area contributed by atoms with Crippen LogP contribution in [-0.4, -0.2) is 38.8 Å². The van der Waals surface area contributed by atoms with E-state index < -0.39 is 12.1 Å². The molecule has 1 N–H and O–H groups in total. The zero-order valence-electron chi connectivity index (χ0n) is 16.5. The lowest BCUT2D eigenvalue weighted by Crippen LogP contribution is -2.17. The van der Waals surface area contributed by atoms with Crippen molar-refractivity contribution in [2.24, 2.45) is 0 Å². The van der Waals surface area contributed by atoms with Gasteiger partial charge in [-0.3, -0.25) is 0 Å². The van der Waals surface area contributed by atoms with E-state index in [0.29, 0.717) is 26.0 Å². The highest BCUT2D eigenvalue weighted by Crippen LogP contribution is 2.39. The molecule has 2 aromatic carbocycles. The van der Waals surface area contributed by atoms with E-state index >= 15 is 0 Å². The normalized spacial score (nSPS) is 12.3. The van der Waals surface area contributed by atoms with Crippen LogP contribution in [0.2, 0.25) is 0 Å². The maximum Gasteiger partial charge on any atom is 0.338 e. The van der Waals surface area contributed by atoms with Crippen molar-refractivity contribution in [1.29, 1.82) is 0 Å². The standard InChI is InChI=1S/C21H21Br2FN2O3S/c1-3-26-18-11-13(4-5-17(18)25-19(26)6-7-30-2)29-20-14(22)8-12(9-15(20)23)10-16(24)21(27)28/h4-5,8-9,11,16H,3,6-7,10H2,1-2H3,(H,27,28). The molecule has 1 unspecified atom stereocenters. The highest BCUT2D eigenvalue weighted by atomic mass is 79.9. The van der Waals surface area contributed by atoms with Crippen LogP contribution in [0.25, 0.3) is 11.0 Å². The molecule has 0 amide bonds. The molecule has 160 valence electrons. The van der Waals surface area contributed by atoms with Crippen molar-refractivity contribution in [3.8, 4) is 11.5 Å². The van der Waals surface area contributed by atoms with Crippen molar-refractivity contribution in [2.75, 3.05) is 12.0 Å². The third-order valence-corrected chi connectivity index (χ3v) is 6.40. The third kappa shape index (κ3) is 5.18. The van der Waals surface area contributed by atoms with Gasteiger partial charge < -0.3 is 14.4 Å². The zero-order chi connectivity index (χ0) is 21.8. The predicted molar refractivity (Wildman–Crippen MR) is 126 cm³/mol. The van der Waals surface area contributed by atoms with Crippen LogP contribution in [-0.2, 0) is 24.2 Å². The number of aliphatic carboxylic acids is 1. The van der Waals surface area contributed by atoms with Gasteiger partial charge in [-0.2, -0.15) is 11.8 Å². The maximum atomic E-state index is 13.6. The Bertz CT molecular complexity index is 1050. The van der Waals surface area contributed by atoms with Gasteiger partial charge in [-0.15, -0.1) is 0 Å². The molecule has 3 aromatic rings. The van der Waals surface area contributed by atoms with E-state index in [4.69, 9.17) is 14.8 Å². The number of rotatable bonds is 9. The Morgan fingerprint density at radius 2 is 2.00 bits per heavy atom. The minimum absolute atomic E-state index is 0.215. The number of carboxylic acid groups (broad SMARTS) is 1. The summed E-state index contributed by atoms with van der Waals surface area (Å²) >= 11 is 8.69. The quantitative estimate of drug-likeness (QED) is 0.336. The Labute approximate surface area is 195 Å². The summed E-state index contributed by atoms with van der Waals surface area (Å²) < 4.78 is 23.1. The number of aromatic nitrogens is 2. The molecule has 9 heteroatoms. The highest BCUT2D eigenvalue weighted by molar-refractivity contribution is 9.11. The average molecular weight is 560 g/mol. The SMILES string of the molecule is CCn1c(CCSC)nc2ccc(Oc3c(Br)cc(CC(F)C(=O)O)cc3Br)cc21. The zero-order valence-corrected chi connectivity index (χ0v) is 20.5. The van der Waals surface area contributed by atoms with Crippen molar-refractivity contribution >= 4 is 60.6 Å². The van der Waals surface area contributed by atoms with Gasteiger partial charge in [0.25, 0.3) is 0 Å². The van der Waals surface area contributed by atoms with Crippen LogP contribution in [0.15, 0.2) is 39.3 Å². The largest absolute Gasteiger partial charge is 0.479 e. The number of benzene rings is 2. The van der Waals surface area contributed by atoms with Crippen molar-refractivity contribution in [1.82, 2.24) is 9.55 Å². The van der Waals surface area contributed by atoms with Crippen molar-refractivity contribution in [3.05, 3.63) is 50.7 Å². The Morgan fingerprint density at radius 1 is 1.30 bits per heavy atom. The van der Waals surface area contributed by atoms with Crippen molar-refractivity contribution in [2.45, 2.75) is 32.5 Å². The number of imidazole rings is 1. The highest BCUT2D eigenvalue weighted by Gasteiger charge is 2.19. The molecular weight excluding hydrogens is 539 g/mol. The number of halogens is 3. The smallest absolute Gasteiger partial charge is 0.338 e. The van der Waals surface area contributed by atoms with Crippen LogP contribution in [0.3, 0.4) is 0 Å². The van der Waals surface area contributed by atoms with Gasteiger partial charge in [-0.1, -0.05) is 0 Å². The minimum atomic E-state index is -1.95. The first-order valence-electron chi connectivity index (χ1n) is 9.34. The van der Waals surface area contributed by atoms with E-state index in [0.717, 1.165) is 35.6 Å². The van der Waals surface area contributed by atoms with E-state index in [1.165, 1.54) is 0 Å². The molecule has 0 saturated heterocycles. The Morgan fingerprint density at radius 3 is 2.60 bits per heavy atom. The van der Waals surface area contributed by atoms with E-state index in [1.807, 2.05) is 18.2 Å². The molecule has 0 spiro atoms. The second-order valence-electron chi connectivity index (χ2n) is 6.67. The fourth-order valence-electron chi connectivity index (χ4n) is 3.19. The monoisotopic (exact) mass is 558 g/mol. The van der Waals surface area contributed by atoms with Gasteiger partial charge in [-0.25, -0.2) is 14.2 Å². The van der Waals surface area contributed by atoms with Crippen LogP contribution >= 0.6 is 43.6 Å². The summed E-state index contributed by atoms with van der Waals surface area (Å²) in [6.07, 6.45) is 0.825. The molecule has 30 heavy (non-hydrogen) atoms. The summed E-state index contributed by atoms with van der Waals surface area (Å²) in [5, 5.41) is 8.78. The lowest BCUT2D eigenvalue weighted by atomic mass is 10.1. The molecule has 0 fully saturated rings. The van der Waals surface area contributed by atoms with Crippen LogP contribution in [0.5, 0.6) is 11.5 Å². The van der Waals surface area contributed by atoms with E-state index in [-0.39, 0.29) is 6.42 Å². The predicted octanol–water partition coefficient (Wildman–Crippen LogP) is 6.24. The molecule has 0 saturated carbocycles. The first kappa shape index (κ1) is 23.1. The molecule has 0 aliphatic rings. The number of fused-ring (bicyclic) bond motifs is 1. The molecule has 5 nitrogen and oxygen atoms in total. The van der Waals surface area contributed by atoms with Gasteiger partial charge in [0, 0.05) is 31.2 Å². The summed E-state index contributed by atoms with van der Waals surface area (Å²) in [5.41, 5.74) is 2.49. The number of nitrogens with zero attached hydrogens (tertiary/aromatic N) is 2. The number of aryl methyl sites for hydroxylation is 2. The molecule has 0 radical (unpaired) electrons. The van der Waals surface area contributed by atoms with Gasteiger partial charge in [0.05, 0.1) is 20.0 Å². The topological polar surface area (TPSA) is 64.4 Å².